The summed E-state index contributed by atoms with van der Waals surface area (Å²) in [5, 5.41) is 10.4. The molecule has 0 saturated heterocycles. The van der Waals surface area contributed by atoms with Gasteiger partial charge in [-0.15, -0.1) is 0 Å². The van der Waals surface area contributed by atoms with Crippen LogP contribution in [-0.2, 0) is 0 Å². The van der Waals surface area contributed by atoms with Crippen molar-refractivity contribution >= 4 is 0 Å². The van der Waals surface area contributed by atoms with Gasteiger partial charge >= 0.3 is 0 Å². The van der Waals surface area contributed by atoms with Crippen molar-refractivity contribution in [1.82, 2.24) is 0 Å². The lowest BCUT2D eigenvalue weighted by Gasteiger charge is -2.40. The Balaban J connectivity index is 1.88. The van der Waals surface area contributed by atoms with Crippen molar-refractivity contribution in [2.24, 2.45) is 5.92 Å². The maximum atomic E-state index is 10.4. The third kappa shape index (κ3) is 2.14. The Bertz CT molecular complexity index is 429. The van der Waals surface area contributed by atoms with Gasteiger partial charge in [-0.25, -0.2) is 0 Å². The number of para-hydroxylation sites is 1. The smallest absolute Gasteiger partial charge is 0.125 e. The first-order valence-corrected chi connectivity index (χ1v) is 7.15. The molecule has 1 heterocycles. The minimum atomic E-state index is -0.358. The molecule has 2 unspecified atom stereocenters. The molecular weight excluding hydrogens is 224 g/mol. The van der Waals surface area contributed by atoms with Gasteiger partial charge in [-0.1, -0.05) is 31.5 Å². The fraction of sp³-hybridized carbons (Fsp3) is 0.625. The van der Waals surface area contributed by atoms with Crippen LogP contribution in [0.15, 0.2) is 24.3 Å². The van der Waals surface area contributed by atoms with Crippen LogP contribution < -0.4 is 4.74 Å². The highest BCUT2D eigenvalue weighted by Crippen LogP contribution is 2.45. The summed E-state index contributed by atoms with van der Waals surface area (Å²) in [7, 11) is 0. The van der Waals surface area contributed by atoms with Crippen LogP contribution in [0.3, 0.4) is 0 Å². The van der Waals surface area contributed by atoms with E-state index in [0.717, 1.165) is 36.5 Å². The van der Waals surface area contributed by atoms with E-state index in [0.29, 0.717) is 0 Å². The summed E-state index contributed by atoms with van der Waals surface area (Å²) in [6, 6.07) is 7.93. The zero-order chi connectivity index (χ0) is 12.6. The summed E-state index contributed by atoms with van der Waals surface area (Å²) >= 11 is 0. The third-order valence-corrected chi connectivity index (χ3v) is 4.59. The van der Waals surface area contributed by atoms with Gasteiger partial charge in [0.05, 0.1) is 6.10 Å². The lowest BCUT2D eigenvalue weighted by Crippen LogP contribution is -2.40. The van der Waals surface area contributed by atoms with Crippen LogP contribution in [-0.4, -0.2) is 10.7 Å². The highest BCUT2D eigenvalue weighted by molar-refractivity contribution is 5.38. The number of aliphatic hydroxyl groups is 1. The second-order valence-corrected chi connectivity index (χ2v) is 6.08. The van der Waals surface area contributed by atoms with Crippen molar-refractivity contribution in [2.45, 2.75) is 57.2 Å². The maximum Gasteiger partial charge on any atom is 0.125 e. The van der Waals surface area contributed by atoms with Gasteiger partial charge < -0.3 is 9.84 Å². The number of hydrogen-bond acceptors (Lipinski definition) is 2. The van der Waals surface area contributed by atoms with E-state index in [-0.39, 0.29) is 11.7 Å². The van der Waals surface area contributed by atoms with E-state index >= 15 is 0 Å². The van der Waals surface area contributed by atoms with Gasteiger partial charge in [-0.05, 0) is 37.7 Å². The molecule has 2 heteroatoms. The molecule has 1 aromatic carbocycles. The largest absolute Gasteiger partial charge is 0.487 e. The molecule has 1 aliphatic carbocycles. The van der Waals surface area contributed by atoms with Crippen molar-refractivity contribution in [3.05, 3.63) is 29.8 Å². The Morgan fingerprint density at radius 3 is 2.94 bits per heavy atom. The summed E-state index contributed by atoms with van der Waals surface area (Å²) in [6.45, 7) is 2.33. The second-order valence-electron chi connectivity index (χ2n) is 6.08. The standard InChI is InChI=1S/C16H22O2/c1-12-5-4-9-16(10-8-12)11-14(17)13-6-2-3-7-15(13)18-16/h2-3,6-7,12,14,17H,4-5,8-11H2,1H3/t12?,14-,16?/m1/s1. The molecule has 98 valence electrons. The van der Waals surface area contributed by atoms with E-state index in [4.69, 9.17) is 4.74 Å². The molecule has 1 N–H and O–H groups in total. The van der Waals surface area contributed by atoms with E-state index in [1.165, 1.54) is 19.3 Å². The highest BCUT2D eigenvalue weighted by Gasteiger charge is 2.41. The molecule has 3 rings (SSSR count). The summed E-state index contributed by atoms with van der Waals surface area (Å²) < 4.78 is 6.30. The third-order valence-electron chi connectivity index (χ3n) is 4.59. The maximum absolute atomic E-state index is 10.4. The van der Waals surface area contributed by atoms with Crippen LogP contribution in [0.5, 0.6) is 5.75 Å². The first-order valence-electron chi connectivity index (χ1n) is 7.15. The van der Waals surface area contributed by atoms with Crippen molar-refractivity contribution < 1.29 is 9.84 Å². The molecule has 1 aromatic rings. The van der Waals surface area contributed by atoms with E-state index < -0.39 is 0 Å². The summed E-state index contributed by atoms with van der Waals surface area (Å²) in [6.07, 6.45) is 6.30. The van der Waals surface area contributed by atoms with Gasteiger partial charge in [0.2, 0.25) is 0 Å². The number of rotatable bonds is 0. The summed E-state index contributed by atoms with van der Waals surface area (Å²) in [5.74, 6) is 1.69. The monoisotopic (exact) mass is 246 g/mol. The normalized spacial score (nSPS) is 35.7. The van der Waals surface area contributed by atoms with Crippen molar-refractivity contribution in [1.29, 1.82) is 0 Å². The molecule has 2 nitrogen and oxygen atoms in total. The molecule has 2 aliphatic rings. The van der Waals surface area contributed by atoms with Crippen molar-refractivity contribution in [2.75, 3.05) is 0 Å². The Kier molecular flexibility index (Phi) is 3.06. The lowest BCUT2D eigenvalue weighted by molar-refractivity contribution is -0.0249. The minimum absolute atomic E-state index is 0.113. The van der Waals surface area contributed by atoms with Crippen LogP contribution in [0.2, 0.25) is 0 Å². The van der Waals surface area contributed by atoms with Crippen molar-refractivity contribution in [3.63, 3.8) is 0 Å². The first kappa shape index (κ1) is 12.0. The van der Waals surface area contributed by atoms with E-state index in [1.807, 2.05) is 24.3 Å². The van der Waals surface area contributed by atoms with Gasteiger partial charge in [0.25, 0.3) is 0 Å². The fourth-order valence-electron chi connectivity index (χ4n) is 3.44. The topological polar surface area (TPSA) is 29.5 Å². The molecule has 1 spiro atoms. The summed E-state index contributed by atoms with van der Waals surface area (Å²) in [5.41, 5.74) is 0.846. The highest BCUT2D eigenvalue weighted by atomic mass is 16.5. The molecular formula is C16H22O2. The van der Waals surface area contributed by atoms with E-state index in [9.17, 15) is 5.11 Å². The van der Waals surface area contributed by atoms with Gasteiger partial charge in [-0.3, -0.25) is 0 Å². The molecule has 1 aliphatic heterocycles. The molecule has 3 atom stereocenters. The zero-order valence-corrected chi connectivity index (χ0v) is 11.1. The van der Waals surface area contributed by atoms with Gasteiger partial charge in [-0.2, -0.15) is 0 Å². The Morgan fingerprint density at radius 2 is 2.06 bits per heavy atom. The van der Waals surface area contributed by atoms with E-state index in [2.05, 4.69) is 6.92 Å². The van der Waals surface area contributed by atoms with Crippen LogP contribution in [0, 0.1) is 5.92 Å². The van der Waals surface area contributed by atoms with Crippen LogP contribution in [0.4, 0.5) is 0 Å². The number of fused-ring (bicyclic) bond motifs is 1. The molecule has 0 radical (unpaired) electrons. The van der Waals surface area contributed by atoms with E-state index in [1.54, 1.807) is 0 Å². The van der Waals surface area contributed by atoms with Crippen LogP contribution in [0.1, 0.15) is 57.1 Å². The number of aliphatic hydroxyl groups excluding tert-OH is 1. The molecule has 1 saturated carbocycles. The van der Waals surface area contributed by atoms with Crippen molar-refractivity contribution in [3.8, 4) is 5.75 Å². The average Bonchev–Trinajstić information content (AvgIpc) is 2.53. The molecule has 0 bridgehead atoms. The Hall–Kier alpha value is -1.02. The Morgan fingerprint density at radius 1 is 1.22 bits per heavy atom. The predicted octanol–water partition coefficient (Wildman–Crippen LogP) is 3.84. The van der Waals surface area contributed by atoms with Crippen LogP contribution >= 0.6 is 0 Å². The molecule has 0 amide bonds. The van der Waals surface area contributed by atoms with Gasteiger partial charge in [0.1, 0.15) is 11.4 Å². The van der Waals surface area contributed by atoms with Gasteiger partial charge in [0.15, 0.2) is 0 Å². The quantitative estimate of drug-likeness (QED) is 0.753. The summed E-state index contributed by atoms with van der Waals surface area (Å²) in [4.78, 5) is 0. The first-order chi connectivity index (χ1) is 8.69. The van der Waals surface area contributed by atoms with Gasteiger partial charge in [0, 0.05) is 12.0 Å². The molecule has 0 aromatic heterocycles. The second kappa shape index (κ2) is 4.58. The lowest BCUT2D eigenvalue weighted by atomic mass is 9.83. The number of hydrogen-bond donors (Lipinski definition) is 1. The minimum Gasteiger partial charge on any atom is -0.487 e. The molecule has 18 heavy (non-hydrogen) atoms. The SMILES string of the molecule is CC1CCCC2(CC1)C[C@@H](O)c1ccccc1O2. The Labute approximate surface area is 109 Å². The number of benzene rings is 1. The zero-order valence-electron chi connectivity index (χ0n) is 11.1. The van der Waals surface area contributed by atoms with Crippen LogP contribution in [0.25, 0.3) is 0 Å². The number of ether oxygens (including phenoxy) is 1. The predicted molar refractivity (Wildman–Crippen MR) is 71.6 cm³/mol. The molecule has 1 fully saturated rings. The average molecular weight is 246 g/mol. The fourth-order valence-corrected chi connectivity index (χ4v) is 3.44.